The summed E-state index contributed by atoms with van der Waals surface area (Å²) in [5, 5.41) is 0. The normalized spacial score (nSPS) is 11.2. The van der Waals surface area contributed by atoms with Gasteiger partial charge >= 0.3 is 0 Å². The summed E-state index contributed by atoms with van der Waals surface area (Å²) in [6.45, 7) is 4.68. The zero-order valence-corrected chi connectivity index (χ0v) is 15.0. The Kier molecular flexibility index (Phi) is 7.63. The molecule has 6 nitrogen and oxygen atoms in total. The number of aromatic amines is 1. The number of nitrogen functional groups attached to an aromatic ring is 1. The van der Waals surface area contributed by atoms with Crippen molar-refractivity contribution in [1.82, 2.24) is 9.97 Å². The van der Waals surface area contributed by atoms with Crippen molar-refractivity contribution in [3.8, 4) is 0 Å². The molecular weight excluding hydrogens is 318 g/mol. The van der Waals surface area contributed by atoms with E-state index in [4.69, 9.17) is 15.2 Å². The average Bonchev–Trinajstić information content (AvgIpc) is 2.60. The van der Waals surface area contributed by atoms with E-state index >= 15 is 0 Å². The number of nitrogens with zero attached hydrogens (tertiary/aromatic N) is 1. The zero-order chi connectivity index (χ0) is 18.1. The fourth-order valence-corrected chi connectivity index (χ4v) is 2.75. The summed E-state index contributed by atoms with van der Waals surface area (Å²) in [6.07, 6.45) is 2.80. The van der Waals surface area contributed by atoms with E-state index in [0.29, 0.717) is 30.9 Å². The first kappa shape index (κ1) is 19.1. The lowest BCUT2D eigenvalue weighted by Crippen LogP contribution is -2.24. The van der Waals surface area contributed by atoms with Gasteiger partial charge in [-0.05, 0) is 45.1 Å². The fraction of sp³-hybridized carbons (Fsp3) is 0.474. The zero-order valence-electron chi connectivity index (χ0n) is 15.0. The first-order chi connectivity index (χ1) is 12.2. The predicted octanol–water partition coefficient (Wildman–Crippen LogP) is 2.99. The maximum Gasteiger partial charge on any atom is 0.255 e. The highest BCUT2D eigenvalue weighted by molar-refractivity contribution is 5.26. The Morgan fingerprint density at radius 3 is 2.36 bits per heavy atom. The van der Waals surface area contributed by atoms with Crippen LogP contribution >= 0.6 is 0 Å². The van der Waals surface area contributed by atoms with E-state index in [-0.39, 0.29) is 11.5 Å². The Morgan fingerprint density at radius 1 is 1.08 bits per heavy atom. The van der Waals surface area contributed by atoms with Gasteiger partial charge < -0.3 is 15.2 Å². The van der Waals surface area contributed by atoms with Crippen molar-refractivity contribution in [3.05, 3.63) is 57.5 Å². The highest BCUT2D eigenvalue weighted by Gasteiger charge is 2.21. The van der Waals surface area contributed by atoms with Crippen molar-refractivity contribution in [2.24, 2.45) is 0 Å². The summed E-state index contributed by atoms with van der Waals surface area (Å²) in [5.74, 6) is 0.0810. The van der Waals surface area contributed by atoms with Crippen LogP contribution in [0.3, 0.4) is 0 Å². The molecule has 0 fully saturated rings. The van der Waals surface area contributed by atoms with E-state index in [2.05, 4.69) is 22.1 Å². The standard InChI is InChI=1S/C19H27N3O3/c1-3-24-18(25-4-2)16-15(17(23)22-19(20)21-16)13-9-8-12-14-10-6-5-7-11-14/h5-7,10-11,18H,3-4,8-9,12-13H2,1-2H3,(H3,20,21,22,23). The van der Waals surface area contributed by atoms with Gasteiger partial charge in [0.05, 0.1) is 0 Å². The number of unbranched alkanes of at least 4 members (excludes halogenated alkanes) is 1. The average molecular weight is 345 g/mol. The number of nitrogens with two attached hydrogens (primary N) is 1. The minimum absolute atomic E-state index is 0.0810. The van der Waals surface area contributed by atoms with E-state index in [1.165, 1.54) is 5.56 Å². The van der Waals surface area contributed by atoms with Crippen LogP contribution in [0.15, 0.2) is 35.1 Å². The number of benzene rings is 1. The highest BCUT2D eigenvalue weighted by Crippen LogP contribution is 2.21. The third-order valence-corrected chi connectivity index (χ3v) is 3.91. The molecule has 0 aliphatic heterocycles. The number of ether oxygens (including phenoxy) is 2. The molecule has 25 heavy (non-hydrogen) atoms. The number of aryl methyl sites for hydroxylation is 1. The van der Waals surface area contributed by atoms with Gasteiger partial charge in [-0.1, -0.05) is 30.3 Å². The van der Waals surface area contributed by atoms with Crippen molar-refractivity contribution >= 4 is 5.95 Å². The second-order valence-electron chi connectivity index (χ2n) is 5.75. The molecule has 3 N–H and O–H groups in total. The summed E-state index contributed by atoms with van der Waals surface area (Å²) in [6, 6.07) is 10.3. The Bertz CT molecular complexity index is 695. The Hall–Kier alpha value is -2.18. The molecule has 0 spiro atoms. The van der Waals surface area contributed by atoms with Crippen LogP contribution in [0.25, 0.3) is 0 Å². The molecular formula is C19H27N3O3. The van der Waals surface area contributed by atoms with Crippen LogP contribution in [-0.4, -0.2) is 23.2 Å². The van der Waals surface area contributed by atoms with Crippen molar-refractivity contribution in [2.75, 3.05) is 18.9 Å². The fourth-order valence-electron chi connectivity index (χ4n) is 2.75. The summed E-state index contributed by atoms with van der Waals surface area (Å²) in [7, 11) is 0. The van der Waals surface area contributed by atoms with Gasteiger partial charge in [-0.15, -0.1) is 0 Å². The number of aromatic nitrogens is 2. The van der Waals surface area contributed by atoms with Crippen molar-refractivity contribution in [1.29, 1.82) is 0 Å². The topological polar surface area (TPSA) is 90.2 Å². The van der Waals surface area contributed by atoms with Crippen LogP contribution in [0.2, 0.25) is 0 Å². The van der Waals surface area contributed by atoms with E-state index in [1.54, 1.807) is 0 Å². The molecule has 0 bridgehead atoms. The number of rotatable bonds is 10. The molecule has 0 unspecified atom stereocenters. The summed E-state index contributed by atoms with van der Waals surface area (Å²) >= 11 is 0. The van der Waals surface area contributed by atoms with Crippen LogP contribution < -0.4 is 11.3 Å². The van der Waals surface area contributed by atoms with Crippen LogP contribution in [0.1, 0.15) is 49.8 Å². The first-order valence-electron chi connectivity index (χ1n) is 8.81. The predicted molar refractivity (Wildman–Crippen MR) is 98.3 cm³/mol. The minimum atomic E-state index is -0.663. The second-order valence-corrected chi connectivity index (χ2v) is 5.75. The summed E-state index contributed by atoms with van der Waals surface area (Å²) < 4.78 is 11.2. The van der Waals surface area contributed by atoms with Crippen molar-refractivity contribution in [2.45, 2.75) is 45.8 Å². The quantitative estimate of drug-likeness (QED) is 0.510. The molecule has 0 aliphatic carbocycles. The third kappa shape index (κ3) is 5.69. The van der Waals surface area contributed by atoms with E-state index in [0.717, 1.165) is 19.3 Å². The molecule has 0 aliphatic rings. The van der Waals surface area contributed by atoms with Gasteiger partial charge in [0, 0.05) is 18.8 Å². The largest absolute Gasteiger partial charge is 0.369 e. The Morgan fingerprint density at radius 2 is 1.72 bits per heavy atom. The molecule has 0 radical (unpaired) electrons. The molecule has 1 aromatic carbocycles. The third-order valence-electron chi connectivity index (χ3n) is 3.91. The van der Waals surface area contributed by atoms with Gasteiger partial charge in [0.1, 0.15) is 5.69 Å². The van der Waals surface area contributed by atoms with Gasteiger partial charge in [0.25, 0.3) is 5.56 Å². The number of anilines is 1. The summed E-state index contributed by atoms with van der Waals surface area (Å²) in [4.78, 5) is 19.2. The lowest BCUT2D eigenvalue weighted by Gasteiger charge is -2.19. The van der Waals surface area contributed by atoms with Gasteiger partial charge in [-0.3, -0.25) is 9.78 Å². The molecule has 2 rings (SSSR count). The highest BCUT2D eigenvalue weighted by atomic mass is 16.7. The van der Waals surface area contributed by atoms with E-state index in [9.17, 15) is 4.79 Å². The van der Waals surface area contributed by atoms with E-state index < -0.39 is 6.29 Å². The molecule has 0 saturated heterocycles. The molecule has 0 saturated carbocycles. The van der Waals surface area contributed by atoms with Crippen LogP contribution in [0, 0.1) is 0 Å². The van der Waals surface area contributed by atoms with Crippen LogP contribution in [0.4, 0.5) is 5.95 Å². The maximum absolute atomic E-state index is 12.4. The first-order valence-corrected chi connectivity index (χ1v) is 8.81. The minimum Gasteiger partial charge on any atom is -0.369 e. The summed E-state index contributed by atoms with van der Waals surface area (Å²) in [5.41, 5.74) is 7.88. The molecule has 1 aromatic heterocycles. The lowest BCUT2D eigenvalue weighted by molar-refractivity contribution is -0.143. The second kappa shape index (κ2) is 9.96. The molecule has 6 heteroatoms. The van der Waals surface area contributed by atoms with Gasteiger partial charge in [-0.2, -0.15) is 0 Å². The molecule has 2 aromatic rings. The van der Waals surface area contributed by atoms with Crippen molar-refractivity contribution in [3.63, 3.8) is 0 Å². The number of hydrogen-bond acceptors (Lipinski definition) is 5. The number of nitrogens with one attached hydrogen (secondary N) is 1. The van der Waals surface area contributed by atoms with Crippen LogP contribution in [-0.2, 0) is 22.3 Å². The van der Waals surface area contributed by atoms with Gasteiger partial charge in [0.15, 0.2) is 0 Å². The Balaban J connectivity index is 2.08. The lowest BCUT2D eigenvalue weighted by atomic mass is 10.0. The molecule has 0 atom stereocenters. The smallest absolute Gasteiger partial charge is 0.255 e. The van der Waals surface area contributed by atoms with Gasteiger partial charge in [0.2, 0.25) is 12.2 Å². The maximum atomic E-state index is 12.4. The number of hydrogen-bond donors (Lipinski definition) is 2. The van der Waals surface area contributed by atoms with Crippen molar-refractivity contribution < 1.29 is 9.47 Å². The molecule has 0 amide bonds. The van der Waals surface area contributed by atoms with Gasteiger partial charge in [-0.25, -0.2) is 4.98 Å². The molecule has 136 valence electrons. The Labute approximate surface area is 148 Å². The van der Waals surface area contributed by atoms with Crippen LogP contribution in [0.5, 0.6) is 0 Å². The number of H-pyrrole nitrogens is 1. The monoisotopic (exact) mass is 345 g/mol. The molecule has 1 heterocycles. The van der Waals surface area contributed by atoms with E-state index in [1.807, 2.05) is 32.0 Å². The SMILES string of the molecule is CCOC(OCC)c1nc(N)[nH]c(=O)c1CCCCc1ccccc1.